The molecule has 0 fully saturated rings. The minimum atomic E-state index is -0.452. The molecule has 4 aromatic carbocycles. The van der Waals surface area contributed by atoms with E-state index in [0.29, 0.717) is 32.3 Å². The molecular weight excluding hydrogens is 569 g/mol. The zero-order valence-corrected chi connectivity index (χ0v) is 23.7. The van der Waals surface area contributed by atoms with E-state index >= 15 is 0 Å². The number of thiazole rings is 2. The molecule has 4 aromatic heterocycles. The van der Waals surface area contributed by atoms with Gasteiger partial charge in [-0.1, -0.05) is 36.4 Å². The van der Waals surface area contributed by atoms with E-state index in [1.54, 1.807) is 18.2 Å². The summed E-state index contributed by atoms with van der Waals surface area (Å²) in [7, 11) is 0. The molecule has 0 aliphatic rings. The van der Waals surface area contributed by atoms with Gasteiger partial charge in [0.05, 0.1) is 31.6 Å². The number of nitrogens with zero attached hydrogens (tertiary/aromatic N) is 2. The zero-order valence-electron chi connectivity index (χ0n) is 22.0. The molecule has 0 saturated carbocycles. The number of benzene rings is 4. The summed E-state index contributed by atoms with van der Waals surface area (Å²) in [6, 6.07) is 29.7. The van der Waals surface area contributed by atoms with Crippen LogP contribution in [0.5, 0.6) is 5.75 Å². The van der Waals surface area contributed by atoms with Gasteiger partial charge in [-0.05, 0) is 67.1 Å². The van der Waals surface area contributed by atoms with E-state index in [4.69, 9.17) is 8.83 Å². The Morgan fingerprint density at radius 1 is 0.619 bits per heavy atom. The van der Waals surface area contributed by atoms with Crippen molar-refractivity contribution in [2.75, 3.05) is 0 Å². The summed E-state index contributed by atoms with van der Waals surface area (Å²) in [5.74, 6) is 0.0680. The standard InChI is InChI=1S/C17H11NO2S.C16H9NO3S/c1-10-6-7-11-9-12(17(19)20-14(11)8-10)16-18-13-4-2-3-5-15(13)21-16;18-10-6-5-9-7-11(16(19)20-13(9)8-10)15-17-12-3-1-2-4-14(12)21-15/h2-9H,1H3;1-8,18H. The molecule has 1 N–H and O–H groups in total. The van der Waals surface area contributed by atoms with Gasteiger partial charge in [0.1, 0.15) is 26.9 Å². The molecule has 0 unspecified atom stereocenters. The van der Waals surface area contributed by atoms with Crippen molar-refractivity contribution in [3.63, 3.8) is 0 Å². The first-order chi connectivity index (χ1) is 20.4. The molecule has 0 aliphatic heterocycles. The lowest BCUT2D eigenvalue weighted by atomic mass is 10.1. The lowest BCUT2D eigenvalue weighted by Gasteiger charge is -2.00. The second-order valence-electron chi connectivity index (χ2n) is 9.63. The number of aromatic hydroxyl groups is 1. The number of para-hydroxylation sites is 2. The van der Waals surface area contributed by atoms with E-state index in [0.717, 1.165) is 36.8 Å². The Morgan fingerprint density at radius 3 is 1.67 bits per heavy atom. The highest BCUT2D eigenvalue weighted by atomic mass is 32.1. The second-order valence-corrected chi connectivity index (χ2v) is 11.7. The summed E-state index contributed by atoms with van der Waals surface area (Å²) in [5, 5.41) is 12.4. The van der Waals surface area contributed by atoms with Gasteiger partial charge in [0, 0.05) is 16.8 Å². The molecular formula is C33H20N2O5S2. The molecule has 0 bridgehead atoms. The van der Waals surface area contributed by atoms with Crippen molar-refractivity contribution >= 4 is 65.0 Å². The van der Waals surface area contributed by atoms with E-state index in [1.165, 1.54) is 28.7 Å². The lowest BCUT2D eigenvalue weighted by molar-refractivity contribution is 0.473. The van der Waals surface area contributed by atoms with Gasteiger partial charge < -0.3 is 13.9 Å². The highest BCUT2D eigenvalue weighted by Crippen LogP contribution is 2.31. The molecule has 4 heterocycles. The van der Waals surface area contributed by atoms with E-state index in [1.807, 2.05) is 79.7 Å². The SMILES string of the molecule is Cc1ccc2cc(-c3nc4ccccc4s3)c(=O)oc2c1.O=c1oc2cc(O)ccc2cc1-c1nc2ccccc2s1. The third-order valence-corrected chi connectivity index (χ3v) is 8.80. The third-order valence-electron chi connectivity index (χ3n) is 6.66. The largest absolute Gasteiger partial charge is 0.508 e. The van der Waals surface area contributed by atoms with Crippen molar-refractivity contribution in [2.45, 2.75) is 6.92 Å². The first-order valence-electron chi connectivity index (χ1n) is 12.9. The smallest absolute Gasteiger partial charge is 0.346 e. The van der Waals surface area contributed by atoms with Crippen LogP contribution in [0.25, 0.3) is 63.5 Å². The van der Waals surface area contributed by atoms with Crippen LogP contribution in [-0.2, 0) is 0 Å². The molecule has 0 amide bonds. The molecule has 42 heavy (non-hydrogen) atoms. The van der Waals surface area contributed by atoms with Crippen LogP contribution in [0.3, 0.4) is 0 Å². The Kier molecular flexibility index (Phi) is 6.38. The Hall–Kier alpha value is -5.12. The van der Waals surface area contributed by atoms with Crippen molar-refractivity contribution in [3.05, 3.63) is 123 Å². The van der Waals surface area contributed by atoms with Gasteiger partial charge in [0.25, 0.3) is 0 Å². The molecule has 0 radical (unpaired) electrons. The van der Waals surface area contributed by atoms with E-state index in [-0.39, 0.29) is 11.4 Å². The Labute approximate surface area is 245 Å². The summed E-state index contributed by atoms with van der Waals surface area (Å²) in [6.07, 6.45) is 0. The number of phenolic OH excluding ortho intramolecular Hbond substituents is 1. The van der Waals surface area contributed by atoms with Gasteiger partial charge >= 0.3 is 11.3 Å². The van der Waals surface area contributed by atoms with Crippen LogP contribution in [0.2, 0.25) is 0 Å². The molecule has 7 nitrogen and oxygen atoms in total. The molecule has 0 atom stereocenters. The normalized spacial score (nSPS) is 11.3. The fourth-order valence-corrected chi connectivity index (χ4v) is 6.53. The maximum Gasteiger partial charge on any atom is 0.346 e. The fraction of sp³-hybridized carbons (Fsp3) is 0.0303. The summed E-state index contributed by atoms with van der Waals surface area (Å²) < 4.78 is 12.8. The Bertz CT molecular complexity index is 2170. The van der Waals surface area contributed by atoms with Crippen molar-refractivity contribution in [3.8, 4) is 26.9 Å². The second kappa shape index (κ2) is 10.4. The summed E-state index contributed by atoms with van der Waals surface area (Å²) in [5.41, 5.74) is 3.98. The number of fused-ring (bicyclic) bond motifs is 4. The van der Waals surface area contributed by atoms with Gasteiger partial charge in [-0.3, -0.25) is 0 Å². The molecule has 0 saturated heterocycles. The highest BCUT2D eigenvalue weighted by molar-refractivity contribution is 7.22. The van der Waals surface area contributed by atoms with Gasteiger partial charge in [-0.25, -0.2) is 19.6 Å². The number of aromatic nitrogens is 2. The lowest BCUT2D eigenvalue weighted by Crippen LogP contribution is -2.02. The molecule has 0 aliphatic carbocycles. The van der Waals surface area contributed by atoms with Crippen LogP contribution >= 0.6 is 22.7 Å². The van der Waals surface area contributed by atoms with E-state index in [9.17, 15) is 14.7 Å². The monoisotopic (exact) mass is 588 g/mol. The molecule has 204 valence electrons. The van der Waals surface area contributed by atoms with Crippen LogP contribution in [-0.4, -0.2) is 15.1 Å². The molecule has 8 rings (SSSR count). The minimum Gasteiger partial charge on any atom is -0.508 e. The molecule has 9 heteroatoms. The van der Waals surface area contributed by atoms with Crippen LogP contribution < -0.4 is 11.3 Å². The summed E-state index contributed by atoms with van der Waals surface area (Å²) in [4.78, 5) is 33.4. The van der Waals surface area contributed by atoms with Crippen LogP contribution in [0, 0.1) is 6.92 Å². The topological polar surface area (TPSA) is 106 Å². The molecule has 0 spiro atoms. The van der Waals surface area contributed by atoms with Gasteiger partial charge in [0.15, 0.2) is 0 Å². The average Bonchev–Trinajstić information content (AvgIpc) is 3.61. The van der Waals surface area contributed by atoms with Crippen molar-refractivity contribution < 1.29 is 13.9 Å². The maximum absolute atomic E-state index is 12.2. The molecule has 8 aromatic rings. The highest BCUT2D eigenvalue weighted by Gasteiger charge is 2.14. The fourth-order valence-electron chi connectivity index (χ4n) is 4.59. The Morgan fingerprint density at radius 2 is 1.12 bits per heavy atom. The number of rotatable bonds is 2. The third kappa shape index (κ3) is 4.85. The Balaban J connectivity index is 0.000000137. The summed E-state index contributed by atoms with van der Waals surface area (Å²) >= 11 is 2.96. The van der Waals surface area contributed by atoms with Crippen molar-refractivity contribution in [1.82, 2.24) is 9.97 Å². The first kappa shape index (κ1) is 25.8. The van der Waals surface area contributed by atoms with Crippen LogP contribution in [0.4, 0.5) is 0 Å². The van der Waals surface area contributed by atoms with Gasteiger partial charge in [0.2, 0.25) is 0 Å². The predicted molar refractivity (Wildman–Crippen MR) is 169 cm³/mol. The van der Waals surface area contributed by atoms with Crippen LogP contribution in [0.1, 0.15) is 5.56 Å². The average molecular weight is 589 g/mol. The predicted octanol–water partition coefficient (Wildman–Crippen LogP) is 8.15. The van der Waals surface area contributed by atoms with E-state index < -0.39 is 5.63 Å². The van der Waals surface area contributed by atoms with Crippen molar-refractivity contribution in [2.24, 2.45) is 0 Å². The zero-order chi connectivity index (χ0) is 28.8. The summed E-state index contributed by atoms with van der Waals surface area (Å²) in [6.45, 7) is 1.97. The number of phenols is 1. The van der Waals surface area contributed by atoms with Gasteiger partial charge in [-0.15, -0.1) is 22.7 Å². The van der Waals surface area contributed by atoms with Gasteiger partial charge in [-0.2, -0.15) is 0 Å². The minimum absolute atomic E-state index is 0.0680. The first-order valence-corrected chi connectivity index (χ1v) is 14.6. The van der Waals surface area contributed by atoms with Crippen LogP contribution in [0.15, 0.2) is 115 Å². The number of aryl methyl sites for hydroxylation is 1. The maximum atomic E-state index is 12.2. The number of hydrogen-bond donors (Lipinski definition) is 1. The van der Waals surface area contributed by atoms with E-state index in [2.05, 4.69) is 9.97 Å². The van der Waals surface area contributed by atoms with Crippen molar-refractivity contribution in [1.29, 1.82) is 0 Å². The number of hydrogen-bond acceptors (Lipinski definition) is 9. The quantitative estimate of drug-likeness (QED) is 0.203.